The zero-order valence-corrected chi connectivity index (χ0v) is 10.8. The molecule has 2 N–H and O–H groups in total. The van der Waals surface area contributed by atoms with Crippen LogP contribution >= 0.6 is 0 Å². The fraction of sp³-hybridized carbons (Fsp3) is 0.923. The molecule has 3 nitrogen and oxygen atoms in total. The summed E-state index contributed by atoms with van der Waals surface area (Å²) in [5.74, 6) is 0.155. The summed E-state index contributed by atoms with van der Waals surface area (Å²) in [7, 11) is 0. The maximum atomic E-state index is 11.3. The highest BCUT2D eigenvalue weighted by Crippen LogP contribution is 2.04. The van der Waals surface area contributed by atoms with Gasteiger partial charge in [0.05, 0.1) is 6.10 Å². The molecule has 16 heavy (non-hydrogen) atoms. The Balaban J connectivity index is 3.18. The average molecular weight is 229 g/mol. The number of aliphatic hydroxyl groups is 1. The van der Waals surface area contributed by atoms with Crippen molar-refractivity contribution in [2.75, 3.05) is 6.54 Å². The minimum Gasteiger partial charge on any atom is -0.393 e. The fourth-order valence-corrected chi connectivity index (χ4v) is 1.60. The smallest absolute Gasteiger partial charge is 0.219 e. The van der Waals surface area contributed by atoms with Crippen molar-refractivity contribution in [3.05, 3.63) is 0 Å². The maximum Gasteiger partial charge on any atom is 0.219 e. The van der Waals surface area contributed by atoms with E-state index in [-0.39, 0.29) is 12.0 Å². The van der Waals surface area contributed by atoms with Crippen molar-refractivity contribution in [1.29, 1.82) is 0 Å². The molecule has 0 heterocycles. The Kier molecular flexibility index (Phi) is 10.5. The SMILES string of the molecule is CCCCCCCC(=O)NCCCC(C)O. The van der Waals surface area contributed by atoms with Crippen LogP contribution < -0.4 is 5.32 Å². The molecule has 0 fully saturated rings. The molecule has 96 valence electrons. The van der Waals surface area contributed by atoms with E-state index in [4.69, 9.17) is 5.11 Å². The molecule has 0 aromatic heterocycles. The zero-order chi connectivity index (χ0) is 12.2. The fourth-order valence-electron chi connectivity index (χ4n) is 1.60. The highest BCUT2D eigenvalue weighted by molar-refractivity contribution is 5.75. The summed E-state index contributed by atoms with van der Waals surface area (Å²) in [5, 5.41) is 11.9. The number of aliphatic hydroxyl groups excluding tert-OH is 1. The van der Waals surface area contributed by atoms with Gasteiger partial charge in [-0.25, -0.2) is 0 Å². The molecule has 0 aromatic carbocycles. The molecule has 3 heteroatoms. The van der Waals surface area contributed by atoms with Gasteiger partial charge < -0.3 is 10.4 Å². The highest BCUT2D eigenvalue weighted by Gasteiger charge is 2.01. The van der Waals surface area contributed by atoms with Gasteiger partial charge >= 0.3 is 0 Å². The molecule has 0 radical (unpaired) electrons. The standard InChI is InChI=1S/C13H27NO2/c1-3-4-5-6-7-10-13(16)14-11-8-9-12(2)15/h12,15H,3-11H2,1-2H3,(H,14,16). The van der Waals surface area contributed by atoms with Crippen LogP contribution in [0.15, 0.2) is 0 Å². The van der Waals surface area contributed by atoms with E-state index in [0.717, 1.165) is 25.7 Å². The minimum atomic E-state index is -0.258. The monoisotopic (exact) mass is 229 g/mol. The Labute approximate surface area is 99.6 Å². The van der Waals surface area contributed by atoms with E-state index >= 15 is 0 Å². The highest BCUT2D eigenvalue weighted by atomic mass is 16.3. The molecule has 0 aromatic rings. The summed E-state index contributed by atoms with van der Waals surface area (Å²) >= 11 is 0. The van der Waals surface area contributed by atoms with Crippen LogP contribution in [-0.2, 0) is 4.79 Å². The summed E-state index contributed by atoms with van der Waals surface area (Å²) < 4.78 is 0. The molecule has 0 aliphatic heterocycles. The van der Waals surface area contributed by atoms with Crippen molar-refractivity contribution < 1.29 is 9.90 Å². The lowest BCUT2D eigenvalue weighted by atomic mass is 10.1. The van der Waals surface area contributed by atoms with Crippen LogP contribution in [0, 0.1) is 0 Å². The molecular weight excluding hydrogens is 202 g/mol. The van der Waals surface area contributed by atoms with E-state index in [1.54, 1.807) is 6.92 Å². The third-order valence-corrected chi connectivity index (χ3v) is 2.63. The van der Waals surface area contributed by atoms with Gasteiger partial charge in [0.15, 0.2) is 0 Å². The number of nitrogens with one attached hydrogen (secondary N) is 1. The average Bonchev–Trinajstić information content (AvgIpc) is 2.24. The molecule has 0 spiro atoms. The van der Waals surface area contributed by atoms with Crippen LogP contribution in [-0.4, -0.2) is 23.7 Å². The van der Waals surface area contributed by atoms with Gasteiger partial charge in [-0.3, -0.25) is 4.79 Å². The normalized spacial score (nSPS) is 12.4. The molecule has 1 atom stereocenters. The molecule has 0 aliphatic rings. The summed E-state index contributed by atoms with van der Waals surface area (Å²) in [6.45, 7) is 4.66. The van der Waals surface area contributed by atoms with Crippen molar-refractivity contribution in [3.8, 4) is 0 Å². The van der Waals surface area contributed by atoms with Gasteiger partial charge in [0.1, 0.15) is 0 Å². The van der Waals surface area contributed by atoms with Gasteiger partial charge in [-0.05, 0) is 26.2 Å². The van der Waals surface area contributed by atoms with Crippen molar-refractivity contribution in [3.63, 3.8) is 0 Å². The summed E-state index contributed by atoms with van der Waals surface area (Å²) in [5.41, 5.74) is 0. The van der Waals surface area contributed by atoms with Crippen molar-refractivity contribution >= 4 is 5.91 Å². The molecule has 0 rings (SSSR count). The predicted octanol–water partition coefficient (Wildman–Crippen LogP) is 2.62. The lowest BCUT2D eigenvalue weighted by Gasteiger charge is -2.06. The molecular formula is C13H27NO2. The largest absolute Gasteiger partial charge is 0.393 e. The Bertz CT molecular complexity index is 169. The maximum absolute atomic E-state index is 11.3. The van der Waals surface area contributed by atoms with Crippen LogP contribution in [0.1, 0.15) is 65.2 Å². The third-order valence-electron chi connectivity index (χ3n) is 2.63. The van der Waals surface area contributed by atoms with Crippen LogP contribution in [0.5, 0.6) is 0 Å². The van der Waals surface area contributed by atoms with E-state index in [0.29, 0.717) is 13.0 Å². The molecule has 0 saturated heterocycles. The first-order chi connectivity index (χ1) is 7.66. The van der Waals surface area contributed by atoms with E-state index in [1.165, 1.54) is 19.3 Å². The quantitative estimate of drug-likeness (QED) is 0.566. The second-order valence-electron chi connectivity index (χ2n) is 4.51. The summed E-state index contributed by atoms with van der Waals surface area (Å²) in [6.07, 6.45) is 7.94. The first-order valence-corrected chi connectivity index (χ1v) is 6.61. The van der Waals surface area contributed by atoms with E-state index in [2.05, 4.69) is 12.2 Å². The minimum absolute atomic E-state index is 0.155. The lowest BCUT2D eigenvalue weighted by molar-refractivity contribution is -0.121. The van der Waals surface area contributed by atoms with Gasteiger partial charge in [-0.15, -0.1) is 0 Å². The van der Waals surface area contributed by atoms with Crippen molar-refractivity contribution in [2.24, 2.45) is 0 Å². The number of unbranched alkanes of at least 4 members (excludes halogenated alkanes) is 4. The zero-order valence-electron chi connectivity index (χ0n) is 10.8. The predicted molar refractivity (Wildman–Crippen MR) is 67.3 cm³/mol. The Hall–Kier alpha value is -0.570. The van der Waals surface area contributed by atoms with Gasteiger partial charge in [0.25, 0.3) is 0 Å². The molecule has 1 amide bonds. The molecule has 0 saturated carbocycles. The topological polar surface area (TPSA) is 49.3 Å². The van der Waals surface area contributed by atoms with Gasteiger partial charge in [-0.2, -0.15) is 0 Å². The van der Waals surface area contributed by atoms with Gasteiger partial charge in [-0.1, -0.05) is 32.6 Å². The number of rotatable bonds is 10. The van der Waals surface area contributed by atoms with Crippen LogP contribution in [0.4, 0.5) is 0 Å². The number of hydrogen-bond donors (Lipinski definition) is 2. The third kappa shape index (κ3) is 11.5. The van der Waals surface area contributed by atoms with E-state index in [9.17, 15) is 4.79 Å². The second-order valence-corrected chi connectivity index (χ2v) is 4.51. The molecule has 1 unspecified atom stereocenters. The van der Waals surface area contributed by atoms with Crippen molar-refractivity contribution in [1.82, 2.24) is 5.32 Å². The first kappa shape index (κ1) is 15.4. The van der Waals surface area contributed by atoms with Gasteiger partial charge in [0, 0.05) is 13.0 Å². The summed E-state index contributed by atoms with van der Waals surface area (Å²) in [4.78, 5) is 11.3. The molecule has 0 aliphatic carbocycles. The Morgan fingerprint density at radius 3 is 2.50 bits per heavy atom. The van der Waals surface area contributed by atoms with E-state index in [1.807, 2.05) is 0 Å². The Morgan fingerprint density at radius 1 is 1.19 bits per heavy atom. The number of carbonyl (C=O) groups excluding carboxylic acids is 1. The van der Waals surface area contributed by atoms with Gasteiger partial charge in [0.2, 0.25) is 5.91 Å². The number of hydrogen-bond acceptors (Lipinski definition) is 2. The van der Waals surface area contributed by atoms with Crippen LogP contribution in [0.3, 0.4) is 0 Å². The molecule has 0 bridgehead atoms. The first-order valence-electron chi connectivity index (χ1n) is 6.61. The van der Waals surface area contributed by atoms with Crippen LogP contribution in [0.2, 0.25) is 0 Å². The second kappa shape index (κ2) is 10.9. The Morgan fingerprint density at radius 2 is 1.88 bits per heavy atom. The lowest BCUT2D eigenvalue weighted by Crippen LogP contribution is -2.24. The number of carbonyl (C=O) groups is 1. The van der Waals surface area contributed by atoms with Crippen LogP contribution in [0.25, 0.3) is 0 Å². The van der Waals surface area contributed by atoms with Crippen molar-refractivity contribution in [2.45, 2.75) is 71.3 Å². The van der Waals surface area contributed by atoms with E-state index < -0.39 is 0 Å². The summed E-state index contributed by atoms with van der Waals surface area (Å²) in [6, 6.07) is 0. The number of amides is 1.